The number of hydrogen-bond donors (Lipinski definition) is 1. The Bertz CT molecular complexity index is 1340. The Hall–Kier alpha value is -3.55. The van der Waals surface area contributed by atoms with Crippen molar-refractivity contribution in [3.05, 3.63) is 58.1 Å². The fraction of sp³-hybridized carbons (Fsp3) is 0.481. The average molecular weight is 573 g/mol. The molecule has 2 aromatic carbocycles. The normalized spacial score (nSPS) is 18.6. The van der Waals surface area contributed by atoms with Gasteiger partial charge in [0.25, 0.3) is 5.69 Å². The number of sulfonamides is 1. The topological polar surface area (TPSA) is 138 Å². The highest BCUT2D eigenvalue weighted by molar-refractivity contribution is 7.89. The van der Waals surface area contributed by atoms with Gasteiger partial charge in [-0.2, -0.15) is 9.41 Å². The lowest BCUT2D eigenvalue weighted by Crippen LogP contribution is -2.45. The van der Waals surface area contributed by atoms with Crippen LogP contribution in [-0.2, 0) is 19.6 Å². The number of non-ortho nitro benzene ring substituents is 1. The predicted molar refractivity (Wildman–Crippen MR) is 153 cm³/mol. The maximum atomic E-state index is 13.4. The summed E-state index contributed by atoms with van der Waals surface area (Å²) in [5.41, 5.74) is 4.32. The van der Waals surface area contributed by atoms with Crippen molar-refractivity contribution >= 4 is 39.2 Å². The average Bonchev–Trinajstić information content (AvgIpc) is 2.98. The standard InChI is InChI=1S/C27H36N6O6S/c1-3-30(4-2)27(34)22-9-7-13-31(20-22)25-10-6-5-8-21(25)19-28-29-24-12-11-23(33(35)36)18-26(24)40(37,38)32-14-16-39-17-15-32/h5-6,8,10-12,18-19,22,29H,3-4,7,9,13-17,20H2,1-2H3/b28-19-. The molecule has 2 saturated heterocycles. The summed E-state index contributed by atoms with van der Waals surface area (Å²) in [4.78, 5) is 27.6. The van der Waals surface area contributed by atoms with Gasteiger partial charge in [-0.15, -0.1) is 0 Å². The molecule has 2 aliphatic heterocycles. The van der Waals surface area contributed by atoms with Crippen molar-refractivity contribution in [1.82, 2.24) is 9.21 Å². The van der Waals surface area contributed by atoms with Gasteiger partial charge in [-0.3, -0.25) is 20.3 Å². The maximum Gasteiger partial charge on any atom is 0.270 e. The highest BCUT2D eigenvalue weighted by atomic mass is 32.2. The van der Waals surface area contributed by atoms with Crippen LogP contribution in [0, 0.1) is 16.0 Å². The highest BCUT2D eigenvalue weighted by Crippen LogP contribution is 2.30. The molecule has 216 valence electrons. The largest absolute Gasteiger partial charge is 0.379 e. The minimum Gasteiger partial charge on any atom is -0.379 e. The third-order valence-electron chi connectivity index (χ3n) is 7.28. The molecule has 1 unspecified atom stereocenters. The Morgan fingerprint density at radius 1 is 1.18 bits per heavy atom. The molecule has 2 aliphatic rings. The van der Waals surface area contributed by atoms with Crippen molar-refractivity contribution in [2.24, 2.45) is 11.0 Å². The van der Waals surface area contributed by atoms with Gasteiger partial charge in [-0.1, -0.05) is 18.2 Å². The van der Waals surface area contributed by atoms with Gasteiger partial charge in [0.15, 0.2) is 0 Å². The van der Waals surface area contributed by atoms with E-state index in [-0.39, 0.29) is 54.4 Å². The Morgan fingerprint density at radius 3 is 2.60 bits per heavy atom. The predicted octanol–water partition coefficient (Wildman–Crippen LogP) is 3.15. The monoisotopic (exact) mass is 572 g/mol. The van der Waals surface area contributed by atoms with E-state index in [2.05, 4.69) is 15.4 Å². The molecule has 0 bridgehead atoms. The number of amides is 1. The number of piperidine rings is 1. The minimum absolute atomic E-state index is 0.0789. The molecule has 2 heterocycles. The Balaban J connectivity index is 1.56. The molecule has 12 nitrogen and oxygen atoms in total. The van der Waals surface area contributed by atoms with E-state index in [0.29, 0.717) is 19.6 Å². The Labute approximate surface area is 234 Å². The number of nitrogens with one attached hydrogen (secondary N) is 1. The van der Waals surface area contributed by atoms with Gasteiger partial charge in [0, 0.05) is 62.7 Å². The molecule has 0 aromatic heterocycles. The van der Waals surface area contributed by atoms with E-state index in [1.165, 1.54) is 16.4 Å². The number of benzene rings is 2. The van der Waals surface area contributed by atoms with Crippen LogP contribution in [0.1, 0.15) is 32.3 Å². The zero-order valence-electron chi connectivity index (χ0n) is 22.9. The van der Waals surface area contributed by atoms with Gasteiger partial charge >= 0.3 is 0 Å². The number of anilines is 2. The molecule has 2 aromatic rings. The number of carbonyl (C=O) groups is 1. The number of nitro groups is 1. The van der Waals surface area contributed by atoms with Crippen LogP contribution in [0.3, 0.4) is 0 Å². The first-order chi connectivity index (χ1) is 19.3. The van der Waals surface area contributed by atoms with Crippen molar-refractivity contribution in [3.63, 3.8) is 0 Å². The Morgan fingerprint density at radius 2 is 1.90 bits per heavy atom. The van der Waals surface area contributed by atoms with Crippen LogP contribution in [0.2, 0.25) is 0 Å². The second kappa shape index (κ2) is 13.2. The zero-order valence-corrected chi connectivity index (χ0v) is 23.7. The van der Waals surface area contributed by atoms with E-state index in [1.807, 2.05) is 43.0 Å². The molecular formula is C27H36N6O6S. The summed E-state index contributed by atoms with van der Waals surface area (Å²) in [6, 6.07) is 11.3. The summed E-state index contributed by atoms with van der Waals surface area (Å²) in [6.45, 7) is 7.60. The van der Waals surface area contributed by atoms with Gasteiger partial charge in [0.05, 0.1) is 36.0 Å². The van der Waals surface area contributed by atoms with E-state index >= 15 is 0 Å². The molecule has 1 atom stereocenters. The van der Waals surface area contributed by atoms with Crippen LogP contribution < -0.4 is 10.3 Å². The van der Waals surface area contributed by atoms with E-state index in [0.717, 1.165) is 36.7 Å². The van der Waals surface area contributed by atoms with Crippen LogP contribution in [0.4, 0.5) is 17.1 Å². The first-order valence-electron chi connectivity index (χ1n) is 13.5. The summed E-state index contributed by atoms with van der Waals surface area (Å²) in [6.07, 6.45) is 3.34. The Kier molecular flexibility index (Phi) is 9.71. The number of hydrogen-bond acceptors (Lipinski definition) is 9. The summed E-state index contributed by atoms with van der Waals surface area (Å²) in [7, 11) is -4.03. The lowest BCUT2D eigenvalue weighted by Gasteiger charge is -2.36. The highest BCUT2D eigenvalue weighted by Gasteiger charge is 2.31. The number of hydrazone groups is 1. The van der Waals surface area contributed by atoms with Crippen LogP contribution >= 0.6 is 0 Å². The van der Waals surface area contributed by atoms with Crippen LogP contribution in [-0.4, -0.2) is 87.2 Å². The number of morpholine rings is 1. The summed E-state index contributed by atoms with van der Waals surface area (Å²) < 4.78 is 33.3. The van der Waals surface area contributed by atoms with Crippen LogP contribution in [0.5, 0.6) is 0 Å². The second-order valence-electron chi connectivity index (χ2n) is 9.68. The molecule has 13 heteroatoms. The molecule has 1 amide bonds. The molecule has 0 radical (unpaired) electrons. The van der Waals surface area contributed by atoms with Crippen molar-refractivity contribution in [2.45, 2.75) is 31.6 Å². The minimum atomic E-state index is -4.03. The van der Waals surface area contributed by atoms with Crippen molar-refractivity contribution < 1.29 is 22.9 Å². The smallest absolute Gasteiger partial charge is 0.270 e. The fourth-order valence-electron chi connectivity index (χ4n) is 5.10. The molecule has 40 heavy (non-hydrogen) atoms. The van der Waals surface area contributed by atoms with E-state index in [9.17, 15) is 23.3 Å². The number of carbonyl (C=O) groups excluding carboxylic acids is 1. The van der Waals surface area contributed by atoms with Gasteiger partial charge < -0.3 is 14.5 Å². The number of nitro benzene ring substituents is 1. The fourth-order valence-corrected chi connectivity index (χ4v) is 6.67. The number of nitrogens with zero attached hydrogens (tertiary/aromatic N) is 5. The van der Waals surface area contributed by atoms with Gasteiger partial charge in [-0.25, -0.2) is 8.42 Å². The van der Waals surface area contributed by atoms with Gasteiger partial charge in [0.2, 0.25) is 15.9 Å². The molecule has 0 aliphatic carbocycles. The first kappa shape index (κ1) is 29.4. The lowest BCUT2D eigenvalue weighted by atomic mass is 9.95. The van der Waals surface area contributed by atoms with Gasteiger partial charge in [0.1, 0.15) is 4.90 Å². The molecular weight excluding hydrogens is 536 g/mol. The van der Waals surface area contributed by atoms with E-state index < -0.39 is 14.9 Å². The number of para-hydroxylation sites is 1. The third kappa shape index (κ3) is 6.60. The third-order valence-corrected chi connectivity index (χ3v) is 9.21. The number of rotatable bonds is 10. The lowest BCUT2D eigenvalue weighted by molar-refractivity contribution is -0.385. The summed E-state index contributed by atoms with van der Waals surface area (Å²) >= 11 is 0. The SMILES string of the molecule is CCN(CC)C(=O)C1CCCN(c2ccccc2/C=N\Nc2ccc([N+](=O)[O-])cc2S(=O)(=O)N2CCOCC2)C1. The first-order valence-corrected chi connectivity index (χ1v) is 15.0. The quantitative estimate of drug-likeness (QED) is 0.260. The summed E-state index contributed by atoms with van der Waals surface area (Å²) in [5, 5.41) is 15.7. The van der Waals surface area contributed by atoms with E-state index in [4.69, 9.17) is 4.74 Å². The molecule has 1 N–H and O–H groups in total. The second-order valence-corrected chi connectivity index (χ2v) is 11.6. The zero-order chi connectivity index (χ0) is 28.7. The molecule has 0 saturated carbocycles. The van der Waals surface area contributed by atoms with Gasteiger partial charge in [-0.05, 0) is 38.8 Å². The van der Waals surface area contributed by atoms with Crippen molar-refractivity contribution in [3.8, 4) is 0 Å². The number of ether oxygens (including phenoxy) is 1. The van der Waals surface area contributed by atoms with Crippen molar-refractivity contribution in [1.29, 1.82) is 0 Å². The van der Waals surface area contributed by atoms with Crippen molar-refractivity contribution in [2.75, 3.05) is 62.8 Å². The molecule has 2 fully saturated rings. The molecule has 0 spiro atoms. The van der Waals surface area contributed by atoms with Crippen LogP contribution in [0.15, 0.2) is 52.5 Å². The van der Waals surface area contributed by atoms with E-state index in [1.54, 1.807) is 6.21 Å². The summed E-state index contributed by atoms with van der Waals surface area (Å²) in [5.74, 6) is 0.0968. The van der Waals surface area contributed by atoms with Crippen LogP contribution in [0.25, 0.3) is 0 Å². The maximum absolute atomic E-state index is 13.4. The molecule has 4 rings (SSSR count).